The van der Waals surface area contributed by atoms with Gasteiger partial charge in [0, 0.05) is 17.5 Å². The highest BCUT2D eigenvalue weighted by Crippen LogP contribution is 2.54. The van der Waals surface area contributed by atoms with Crippen LogP contribution in [0.4, 0.5) is 23.2 Å². The van der Waals surface area contributed by atoms with Gasteiger partial charge in [-0.15, -0.1) is 0 Å². The molecule has 1 atom stereocenters. The van der Waals surface area contributed by atoms with Gasteiger partial charge in [0.2, 0.25) is 0 Å². The second-order valence-electron chi connectivity index (χ2n) is 9.36. The minimum Gasteiger partial charge on any atom is -0.317 e. The monoisotopic (exact) mass is 469 g/mol. The minimum atomic E-state index is -4.54. The van der Waals surface area contributed by atoms with Crippen molar-refractivity contribution in [3.05, 3.63) is 59.4 Å². The molecule has 1 saturated heterocycles. The Morgan fingerprint density at radius 1 is 1.03 bits per heavy atom. The van der Waals surface area contributed by atoms with Crippen LogP contribution in [0.5, 0.6) is 0 Å². The molecule has 0 radical (unpaired) electrons. The molecule has 9 heteroatoms. The van der Waals surface area contributed by atoms with E-state index in [0.717, 1.165) is 42.7 Å². The average Bonchev–Trinajstić information content (AvgIpc) is 3.53. The lowest BCUT2D eigenvalue weighted by atomic mass is 9.75. The van der Waals surface area contributed by atoms with Crippen molar-refractivity contribution in [3.63, 3.8) is 0 Å². The molecule has 2 aliphatic heterocycles. The Balaban J connectivity index is 1.68. The molecule has 0 amide bonds. The standard InChI is InChI=1S/C23H25F4N2O2S/c24-18-5-8-21-20(13-18)22(9-11-28-12-10-22)15-29(21,14-16-1-2-16)32(30,31)19-6-3-17(4-7-19)23(25,26)27/h3-8,13,16,28H,1-2,9-12,14-15H2/q+1. The molecule has 3 aliphatic rings. The van der Waals surface area contributed by atoms with Crippen LogP contribution < -0.4 is 9.21 Å². The molecule has 1 saturated carbocycles. The molecule has 1 spiro atoms. The van der Waals surface area contributed by atoms with Crippen molar-refractivity contribution in [2.75, 3.05) is 26.2 Å². The lowest BCUT2D eigenvalue weighted by Gasteiger charge is -2.37. The first kappa shape index (κ1) is 21.9. The van der Waals surface area contributed by atoms with E-state index in [1.807, 2.05) is 0 Å². The van der Waals surface area contributed by atoms with E-state index in [2.05, 4.69) is 5.32 Å². The molecular formula is C23H25F4N2O2S+. The van der Waals surface area contributed by atoms with Gasteiger partial charge >= 0.3 is 16.2 Å². The summed E-state index contributed by atoms with van der Waals surface area (Å²) in [6.45, 7) is 2.06. The van der Waals surface area contributed by atoms with Crippen molar-refractivity contribution in [1.29, 1.82) is 0 Å². The number of piperidine rings is 1. The van der Waals surface area contributed by atoms with Crippen molar-refractivity contribution in [2.45, 2.75) is 42.2 Å². The Bertz CT molecular complexity index is 1140. The maximum Gasteiger partial charge on any atom is 0.416 e. The van der Waals surface area contributed by atoms with Crippen LogP contribution in [0.2, 0.25) is 0 Å². The largest absolute Gasteiger partial charge is 0.416 e. The van der Waals surface area contributed by atoms with E-state index < -0.39 is 33.0 Å². The highest BCUT2D eigenvalue weighted by atomic mass is 32.2. The van der Waals surface area contributed by atoms with Crippen molar-refractivity contribution >= 4 is 15.7 Å². The van der Waals surface area contributed by atoms with E-state index in [1.165, 1.54) is 12.1 Å². The number of alkyl halides is 3. The van der Waals surface area contributed by atoms with Crippen LogP contribution in [-0.4, -0.2) is 34.6 Å². The number of nitrogens with zero attached hydrogens (tertiary/aromatic N) is 1. The number of hydrogen-bond donors (Lipinski definition) is 1. The van der Waals surface area contributed by atoms with Gasteiger partial charge in [0.15, 0.2) is 5.69 Å². The zero-order chi connectivity index (χ0) is 22.8. The Morgan fingerprint density at radius 3 is 2.28 bits per heavy atom. The quantitative estimate of drug-likeness (QED) is 0.527. The van der Waals surface area contributed by atoms with Gasteiger partial charge in [-0.3, -0.25) is 0 Å². The Morgan fingerprint density at radius 2 is 1.69 bits per heavy atom. The maximum atomic E-state index is 14.3. The van der Waals surface area contributed by atoms with Crippen molar-refractivity contribution in [3.8, 4) is 0 Å². The van der Waals surface area contributed by atoms with Gasteiger partial charge in [0.05, 0.1) is 11.0 Å². The number of fused-ring (bicyclic) bond motifs is 2. The fourth-order valence-electron chi connectivity index (χ4n) is 5.49. The van der Waals surface area contributed by atoms with Crippen LogP contribution in [0.15, 0.2) is 47.4 Å². The molecule has 2 aromatic rings. The molecule has 32 heavy (non-hydrogen) atoms. The number of rotatable bonds is 4. The fraction of sp³-hybridized carbons (Fsp3) is 0.478. The number of hydrogen-bond acceptors (Lipinski definition) is 3. The summed E-state index contributed by atoms with van der Waals surface area (Å²) in [6, 6.07) is 8.09. The molecule has 1 aliphatic carbocycles. The smallest absolute Gasteiger partial charge is 0.317 e. The summed E-state index contributed by atoms with van der Waals surface area (Å²) in [7, 11) is -4.09. The number of nitrogens with one attached hydrogen (secondary N) is 1. The summed E-state index contributed by atoms with van der Waals surface area (Å²) in [6.07, 6.45) is -1.31. The van der Waals surface area contributed by atoms with Crippen LogP contribution in [-0.2, 0) is 21.6 Å². The maximum absolute atomic E-state index is 14.3. The average molecular weight is 470 g/mol. The minimum absolute atomic E-state index is 0.132. The van der Waals surface area contributed by atoms with Gasteiger partial charge < -0.3 is 5.32 Å². The summed E-state index contributed by atoms with van der Waals surface area (Å²) in [5.41, 5.74) is -0.0598. The summed E-state index contributed by atoms with van der Waals surface area (Å²) >= 11 is 0. The van der Waals surface area contributed by atoms with E-state index in [-0.39, 0.29) is 21.2 Å². The number of quaternary nitrogens is 1. The van der Waals surface area contributed by atoms with Gasteiger partial charge in [-0.25, -0.2) is 4.39 Å². The fourth-order valence-corrected chi connectivity index (χ4v) is 7.62. The molecule has 172 valence electrons. The summed E-state index contributed by atoms with van der Waals surface area (Å²) < 4.78 is 81.4. The predicted octanol–water partition coefficient (Wildman–Crippen LogP) is 4.59. The topological polar surface area (TPSA) is 46.2 Å². The number of halogens is 4. The van der Waals surface area contributed by atoms with E-state index in [9.17, 15) is 26.0 Å². The van der Waals surface area contributed by atoms with Crippen molar-refractivity contribution in [2.24, 2.45) is 5.92 Å². The third-order valence-corrected chi connectivity index (χ3v) is 9.54. The molecule has 1 unspecified atom stereocenters. The molecule has 2 heterocycles. The van der Waals surface area contributed by atoms with Crippen LogP contribution >= 0.6 is 0 Å². The van der Waals surface area contributed by atoms with Crippen molar-refractivity contribution in [1.82, 2.24) is 9.21 Å². The molecule has 1 N–H and O–H groups in total. The highest BCUT2D eigenvalue weighted by molar-refractivity contribution is 7.91. The second-order valence-corrected chi connectivity index (χ2v) is 11.5. The normalized spacial score (nSPS) is 25.1. The predicted molar refractivity (Wildman–Crippen MR) is 113 cm³/mol. The van der Waals surface area contributed by atoms with Crippen molar-refractivity contribution < 1.29 is 26.0 Å². The SMILES string of the molecule is O=S(=O)(c1ccc(C(F)(F)F)cc1)[N+]1(CC2CC2)CC2(CCNCC2)c2cc(F)ccc21. The van der Waals surface area contributed by atoms with Gasteiger partial charge in [0.25, 0.3) is 0 Å². The van der Waals surface area contributed by atoms with Gasteiger partial charge in [0.1, 0.15) is 23.8 Å². The second kappa shape index (κ2) is 7.27. The highest BCUT2D eigenvalue weighted by Gasteiger charge is 2.61. The van der Waals surface area contributed by atoms with Gasteiger partial charge in [-0.2, -0.15) is 25.5 Å². The first-order chi connectivity index (χ1) is 15.1. The zero-order valence-corrected chi connectivity index (χ0v) is 18.3. The molecular weight excluding hydrogens is 444 g/mol. The summed E-state index contributed by atoms with van der Waals surface area (Å²) in [5.74, 6) is -0.172. The molecule has 0 aromatic heterocycles. The third-order valence-electron chi connectivity index (χ3n) is 7.28. The first-order valence-electron chi connectivity index (χ1n) is 10.9. The lowest BCUT2D eigenvalue weighted by molar-refractivity contribution is -0.137. The number of benzene rings is 2. The Kier molecular flexibility index (Phi) is 4.96. The van der Waals surface area contributed by atoms with Crippen LogP contribution in [0, 0.1) is 11.7 Å². The molecule has 0 bridgehead atoms. The third kappa shape index (κ3) is 3.36. The van der Waals surface area contributed by atoms with E-state index >= 15 is 0 Å². The van der Waals surface area contributed by atoms with Crippen LogP contribution in [0.1, 0.15) is 36.8 Å². The van der Waals surface area contributed by atoms with Crippen LogP contribution in [0.25, 0.3) is 0 Å². The van der Waals surface area contributed by atoms with Gasteiger partial charge in [-0.05, 0) is 75.2 Å². The first-order valence-corrected chi connectivity index (χ1v) is 12.3. The molecule has 2 aromatic carbocycles. The molecule has 2 fully saturated rings. The Labute approximate surface area is 184 Å². The summed E-state index contributed by atoms with van der Waals surface area (Å²) in [5, 5.41) is 3.30. The summed E-state index contributed by atoms with van der Waals surface area (Å²) in [4.78, 5) is -0.132. The number of sulfonamides is 1. The van der Waals surface area contributed by atoms with E-state index in [1.54, 1.807) is 6.07 Å². The lowest BCUT2D eigenvalue weighted by Crippen LogP contribution is -2.57. The van der Waals surface area contributed by atoms with E-state index in [4.69, 9.17) is 0 Å². The molecule has 5 rings (SSSR count). The molecule has 4 nitrogen and oxygen atoms in total. The zero-order valence-electron chi connectivity index (χ0n) is 17.5. The van der Waals surface area contributed by atoms with Gasteiger partial charge in [-0.1, -0.05) is 0 Å². The van der Waals surface area contributed by atoms with Crippen LogP contribution in [0.3, 0.4) is 0 Å². The Hall–Kier alpha value is -1.97. The van der Waals surface area contributed by atoms with E-state index in [0.29, 0.717) is 38.2 Å².